The van der Waals surface area contributed by atoms with E-state index in [0.29, 0.717) is 11.4 Å². The van der Waals surface area contributed by atoms with Gasteiger partial charge in [-0.1, -0.05) is 25.4 Å². The molecule has 2 N–H and O–H groups in total. The van der Waals surface area contributed by atoms with Gasteiger partial charge < -0.3 is 20.3 Å². The van der Waals surface area contributed by atoms with Crippen LogP contribution in [-0.2, 0) is 9.59 Å². The van der Waals surface area contributed by atoms with E-state index in [0.717, 1.165) is 6.07 Å². The minimum atomic E-state index is -0.681. The van der Waals surface area contributed by atoms with Gasteiger partial charge in [0.05, 0.1) is 25.1 Å². The Kier molecular flexibility index (Phi) is 9.17. The number of rotatable bonds is 10. The van der Waals surface area contributed by atoms with Crippen LogP contribution < -0.4 is 15.4 Å². The standard InChI is InChI=1S/C22H25ClN4O6/c1-14(2)12-26(22(30)15-4-9-18(23)19(10-15)27(31)32)13-21(29)24-11-20(28)25-16-5-7-17(33-3)8-6-16/h4-10,14H,11-13H2,1-3H3,(H,24,29)(H,25,28). The topological polar surface area (TPSA) is 131 Å². The number of nitrogens with zero attached hydrogens (tertiary/aromatic N) is 2. The summed E-state index contributed by atoms with van der Waals surface area (Å²) in [7, 11) is 1.53. The highest BCUT2D eigenvalue weighted by molar-refractivity contribution is 6.32. The van der Waals surface area contributed by atoms with Crippen molar-refractivity contribution in [3.05, 3.63) is 63.2 Å². The number of benzene rings is 2. The molecular weight excluding hydrogens is 452 g/mol. The van der Waals surface area contributed by atoms with Gasteiger partial charge in [-0.15, -0.1) is 0 Å². The molecule has 176 valence electrons. The number of nitrogens with one attached hydrogen (secondary N) is 2. The Hall–Kier alpha value is -3.66. The monoisotopic (exact) mass is 476 g/mol. The molecule has 2 aromatic carbocycles. The van der Waals surface area contributed by atoms with Crippen molar-refractivity contribution in [1.82, 2.24) is 10.2 Å². The number of carbonyl (C=O) groups excluding carboxylic acids is 3. The summed E-state index contributed by atoms with van der Waals surface area (Å²) < 4.78 is 5.05. The molecule has 2 aromatic rings. The van der Waals surface area contributed by atoms with Crippen molar-refractivity contribution in [2.75, 3.05) is 32.1 Å². The molecule has 0 saturated carbocycles. The van der Waals surface area contributed by atoms with Gasteiger partial charge in [-0.2, -0.15) is 0 Å². The fourth-order valence-electron chi connectivity index (χ4n) is 2.92. The van der Waals surface area contributed by atoms with Gasteiger partial charge in [0, 0.05) is 23.9 Å². The molecule has 0 bridgehead atoms. The van der Waals surface area contributed by atoms with Crippen LogP contribution in [0.3, 0.4) is 0 Å². The molecule has 0 saturated heterocycles. The predicted octanol–water partition coefficient (Wildman–Crippen LogP) is 3.11. The summed E-state index contributed by atoms with van der Waals surface area (Å²) >= 11 is 5.81. The highest BCUT2D eigenvalue weighted by atomic mass is 35.5. The zero-order valence-corrected chi connectivity index (χ0v) is 19.2. The normalized spacial score (nSPS) is 10.5. The first-order valence-electron chi connectivity index (χ1n) is 10.0. The number of nitro benzene ring substituents is 1. The molecule has 0 atom stereocenters. The van der Waals surface area contributed by atoms with Gasteiger partial charge >= 0.3 is 0 Å². The van der Waals surface area contributed by atoms with Crippen molar-refractivity contribution in [3.8, 4) is 5.75 Å². The fraction of sp³-hybridized carbons (Fsp3) is 0.318. The van der Waals surface area contributed by atoms with Crippen molar-refractivity contribution >= 4 is 40.7 Å². The molecule has 0 aliphatic carbocycles. The average Bonchev–Trinajstić information content (AvgIpc) is 2.77. The van der Waals surface area contributed by atoms with E-state index in [4.69, 9.17) is 16.3 Å². The summed E-state index contributed by atoms with van der Waals surface area (Å²) in [4.78, 5) is 49.2. The van der Waals surface area contributed by atoms with Gasteiger partial charge in [0.25, 0.3) is 11.6 Å². The summed E-state index contributed by atoms with van der Waals surface area (Å²) in [5, 5.41) is 16.1. The number of methoxy groups -OCH3 is 1. The Bertz CT molecular complexity index is 1030. The zero-order valence-electron chi connectivity index (χ0n) is 18.5. The Morgan fingerprint density at radius 3 is 2.36 bits per heavy atom. The van der Waals surface area contributed by atoms with Crippen molar-refractivity contribution < 1.29 is 24.0 Å². The highest BCUT2D eigenvalue weighted by Gasteiger charge is 2.23. The molecule has 33 heavy (non-hydrogen) atoms. The molecule has 0 aliphatic heterocycles. The van der Waals surface area contributed by atoms with E-state index in [-0.39, 0.29) is 36.1 Å². The van der Waals surface area contributed by atoms with Gasteiger partial charge in [-0.25, -0.2) is 0 Å². The van der Waals surface area contributed by atoms with Crippen molar-refractivity contribution in [2.24, 2.45) is 5.92 Å². The fourth-order valence-corrected chi connectivity index (χ4v) is 3.10. The third kappa shape index (κ3) is 7.76. The maximum absolute atomic E-state index is 12.9. The summed E-state index contributed by atoms with van der Waals surface area (Å²) in [6.45, 7) is 3.36. The van der Waals surface area contributed by atoms with E-state index in [1.807, 2.05) is 13.8 Å². The second-order valence-electron chi connectivity index (χ2n) is 7.56. The van der Waals surface area contributed by atoms with Crippen LogP contribution in [0.2, 0.25) is 5.02 Å². The molecule has 2 rings (SSSR count). The Morgan fingerprint density at radius 1 is 1.12 bits per heavy atom. The quantitative estimate of drug-likeness (QED) is 0.400. The van der Waals surface area contributed by atoms with Crippen LogP contribution in [0, 0.1) is 16.0 Å². The maximum Gasteiger partial charge on any atom is 0.288 e. The predicted molar refractivity (Wildman–Crippen MR) is 123 cm³/mol. The lowest BCUT2D eigenvalue weighted by molar-refractivity contribution is -0.384. The third-order valence-corrected chi connectivity index (χ3v) is 4.74. The zero-order chi connectivity index (χ0) is 24.5. The number of amides is 3. The van der Waals surface area contributed by atoms with Gasteiger partial charge in [0.15, 0.2) is 0 Å². The van der Waals surface area contributed by atoms with Crippen LogP contribution in [0.4, 0.5) is 11.4 Å². The number of halogens is 1. The van der Waals surface area contributed by atoms with E-state index >= 15 is 0 Å². The smallest absolute Gasteiger partial charge is 0.288 e. The van der Waals surface area contributed by atoms with Crippen LogP contribution in [0.25, 0.3) is 0 Å². The molecule has 10 nitrogen and oxygen atoms in total. The molecule has 0 aromatic heterocycles. The highest BCUT2D eigenvalue weighted by Crippen LogP contribution is 2.25. The first kappa shape index (κ1) is 25.6. The van der Waals surface area contributed by atoms with E-state index < -0.39 is 28.3 Å². The number of carbonyl (C=O) groups is 3. The first-order chi connectivity index (χ1) is 15.6. The lowest BCUT2D eigenvalue weighted by Crippen LogP contribution is -2.44. The maximum atomic E-state index is 12.9. The van der Waals surface area contributed by atoms with Crippen molar-refractivity contribution in [1.29, 1.82) is 0 Å². The van der Waals surface area contributed by atoms with Gasteiger partial charge in [0.2, 0.25) is 11.8 Å². The summed E-state index contributed by atoms with van der Waals surface area (Å²) in [5.74, 6) is -0.869. The van der Waals surface area contributed by atoms with Crippen molar-refractivity contribution in [2.45, 2.75) is 13.8 Å². The molecule has 0 fully saturated rings. The molecule has 0 unspecified atom stereocenters. The first-order valence-corrected chi connectivity index (χ1v) is 10.4. The van der Waals surface area contributed by atoms with Gasteiger partial charge in [-0.05, 0) is 42.3 Å². The van der Waals surface area contributed by atoms with Gasteiger partial charge in [0.1, 0.15) is 10.8 Å². The number of nitro groups is 1. The van der Waals surface area contributed by atoms with Gasteiger partial charge in [-0.3, -0.25) is 24.5 Å². The molecule has 0 radical (unpaired) electrons. The van der Waals surface area contributed by atoms with Crippen LogP contribution >= 0.6 is 11.6 Å². The van der Waals surface area contributed by atoms with Crippen LogP contribution in [-0.4, -0.2) is 54.3 Å². The van der Waals surface area contributed by atoms with Crippen LogP contribution in [0.15, 0.2) is 42.5 Å². The number of ether oxygens (including phenoxy) is 1. The second-order valence-corrected chi connectivity index (χ2v) is 7.96. The van der Waals surface area contributed by atoms with E-state index in [9.17, 15) is 24.5 Å². The second kappa shape index (κ2) is 11.8. The average molecular weight is 477 g/mol. The molecular formula is C22H25ClN4O6. The Labute approximate surface area is 196 Å². The summed E-state index contributed by atoms with van der Waals surface area (Å²) in [5.41, 5.74) is 0.180. The molecule has 0 aliphatic rings. The van der Waals surface area contributed by atoms with Crippen LogP contribution in [0.1, 0.15) is 24.2 Å². The Morgan fingerprint density at radius 2 is 1.79 bits per heavy atom. The Balaban J connectivity index is 2.00. The number of hydrogen-bond acceptors (Lipinski definition) is 6. The summed E-state index contributed by atoms with van der Waals surface area (Å²) in [6.07, 6.45) is 0. The van der Waals surface area contributed by atoms with E-state index in [1.54, 1.807) is 24.3 Å². The summed E-state index contributed by atoms with van der Waals surface area (Å²) in [6, 6.07) is 10.4. The van der Waals surface area contributed by atoms with Crippen molar-refractivity contribution in [3.63, 3.8) is 0 Å². The largest absolute Gasteiger partial charge is 0.497 e. The number of hydrogen-bond donors (Lipinski definition) is 2. The SMILES string of the molecule is COc1ccc(NC(=O)CNC(=O)CN(CC(C)C)C(=O)c2ccc(Cl)c([N+](=O)[O-])c2)cc1. The van der Waals surface area contributed by atoms with E-state index in [2.05, 4.69) is 10.6 Å². The minimum Gasteiger partial charge on any atom is -0.497 e. The molecule has 0 heterocycles. The minimum absolute atomic E-state index is 0.0300. The lowest BCUT2D eigenvalue weighted by atomic mass is 10.1. The molecule has 3 amide bonds. The lowest BCUT2D eigenvalue weighted by Gasteiger charge is -2.24. The molecule has 11 heteroatoms. The third-order valence-electron chi connectivity index (χ3n) is 4.42. The van der Waals surface area contributed by atoms with E-state index in [1.165, 1.54) is 24.1 Å². The van der Waals surface area contributed by atoms with Crippen LogP contribution in [0.5, 0.6) is 5.75 Å². The number of anilines is 1. The molecule has 0 spiro atoms.